The summed E-state index contributed by atoms with van der Waals surface area (Å²) < 4.78 is 5.19. The first kappa shape index (κ1) is 24.5. The summed E-state index contributed by atoms with van der Waals surface area (Å²) in [5.74, 6) is 1.52. The maximum Gasteiger partial charge on any atom is 0.241 e. The van der Waals surface area contributed by atoms with Gasteiger partial charge in [-0.1, -0.05) is 19.1 Å². The number of nitrogens with zero attached hydrogens (tertiary/aromatic N) is 3. The normalized spacial score (nSPS) is 17.0. The number of rotatable bonds is 8. The predicted molar refractivity (Wildman–Crippen MR) is 125 cm³/mol. The number of hydrogen-bond acceptors (Lipinski definition) is 4. The fourth-order valence-corrected chi connectivity index (χ4v) is 3.15. The summed E-state index contributed by atoms with van der Waals surface area (Å²) in [6.07, 6.45) is 2.44. The number of likely N-dealkylation sites (N-methyl/N-ethyl adjacent to an activating group) is 2. The Morgan fingerprint density at radius 2 is 2.00 bits per heavy atom. The molecule has 0 aliphatic carbocycles. The van der Waals surface area contributed by atoms with Crippen molar-refractivity contribution in [2.75, 3.05) is 47.4 Å². The highest BCUT2D eigenvalue weighted by Gasteiger charge is 2.22. The minimum atomic E-state index is 0. The number of amides is 1. The molecule has 1 heterocycles. The summed E-state index contributed by atoms with van der Waals surface area (Å²) in [6.45, 7) is 6.02. The van der Waals surface area contributed by atoms with Gasteiger partial charge >= 0.3 is 0 Å². The van der Waals surface area contributed by atoms with Crippen molar-refractivity contribution < 1.29 is 9.53 Å². The number of methoxy groups -OCH3 is 1. The molecule has 1 atom stereocenters. The monoisotopic (exact) mass is 503 g/mol. The van der Waals surface area contributed by atoms with E-state index in [4.69, 9.17) is 4.74 Å². The lowest BCUT2D eigenvalue weighted by atomic mass is 10.2. The van der Waals surface area contributed by atoms with Gasteiger partial charge in [0.1, 0.15) is 5.75 Å². The molecular formula is C20H34IN5O2. The first-order valence-electron chi connectivity index (χ1n) is 9.62. The van der Waals surface area contributed by atoms with E-state index in [2.05, 4.69) is 27.4 Å². The highest BCUT2D eigenvalue weighted by Crippen LogP contribution is 2.15. The van der Waals surface area contributed by atoms with Gasteiger partial charge in [-0.25, -0.2) is 4.99 Å². The molecule has 1 aliphatic rings. The van der Waals surface area contributed by atoms with Crippen LogP contribution in [0.1, 0.15) is 25.3 Å². The number of guanidine groups is 1. The van der Waals surface area contributed by atoms with Crippen molar-refractivity contribution >= 4 is 35.8 Å². The smallest absolute Gasteiger partial charge is 0.241 e. The van der Waals surface area contributed by atoms with Gasteiger partial charge in [0.05, 0.1) is 20.2 Å². The summed E-state index contributed by atoms with van der Waals surface area (Å²) in [7, 11) is 5.16. The average Bonchev–Trinajstić information content (AvgIpc) is 3.15. The Morgan fingerprint density at radius 1 is 1.29 bits per heavy atom. The second kappa shape index (κ2) is 12.8. The summed E-state index contributed by atoms with van der Waals surface area (Å²) in [5, 5.41) is 6.57. The van der Waals surface area contributed by atoms with Gasteiger partial charge in [-0.15, -0.1) is 24.0 Å². The van der Waals surface area contributed by atoms with Gasteiger partial charge in [0, 0.05) is 26.7 Å². The Balaban J connectivity index is 0.00000392. The number of benzene rings is 1. The van der Waals surface area contributed by atoms with Gasteiger partial charge in [-0.05, 0) is 43.6 Å². The van der Waals surface area contributed by atoms with E-state index in [0.717, 1.165) is 30.9 Å². The van der Waals surface area contributed by atoms with Gasteiger partial charge in [0.15, 0.2) is 5.96 Å². The van der Waals surface area contributed by atoms with E-state index in [0.29, 0.717) is 18.5 Å². The van der Waals surface area contributed by atoms with Crippen LogP contribution in [0.2, 0.25) is 0 Å². The van der Waals surface area contributed by atoms with E-state index in [9.17, 15) is 4.79 Å². The molecule has 1 unspecified atom stereocenters. The lowest BCUT2D eigenvalue weighted by Crippen LogP contribution is -2.47. The number of halogens is 1. The van der Waals surface area contributed by atoms with Crippen LogP contribution in [0.25, 0.3) is 0 Å². The molecule has 0 bridgehead atoms. The predicted octanol–water partition coefficient (Wildman–Crippen LogP) is 1.92. The quantitative estimate of drug-likeness (QED) is 0.323. The molecule has 0 aromatic heterocycles. The van der Waals surface area contributed by atoms with Crippen molar-refractivity contribution in [1.82, 2.24) is 20.4 Å². The number of carbonyl (C=O) groups is 1. The number of carbonyl (C=O) groups excluding carboxylic acids is 1. The highest BCUT2D eigenvalue weighted by atomic mass is 127. The summed E-state index contributed by atoms with van der Waals surface area (Å²) in [4.78, 5) is 20.6. The molecule has 1 amide bonds. The van der Waals surface area contributed by atoms with Gasteiger partial charge in [-0.2, -0.15) is 0 Å². The molecule has 1 aromatic rings. The third-order valence-electron chi connectivity index (χ3n) is 4.90. The van der Waals surface area contributed by atoms with Crippen molar-refractivity contribution in [1.29, 1.82) is 0 Å². The molecule has 8 heteroatoms. The van der Waals surface area contributed by atoms with Crippen LogP contribution in [0.3, 0.4) is 0 Å². The summed E-state index contributed by atoms with van der Waals surface area (Å²) in [5.41, 5.74) is 1.09. The van der Waals surface area contributed by atoms with Crippen LogP contribution in [-0.2, 0) is 11.3 Å². The standard InChI is InChI=1S/C20H33N5O2.HI/c1-5-25-12-6-7-17(25)14-22-20(23-15-19(26)24(2)3)21-13-16-8-10-18(27-4)11-9-16;/h8-11,17H,5-7,12-15H2,1-4H3,(H2,21,22,23);1H. The largest absolute Gasteiger partial charge is 0.497 e. The first-order chi connectivity index (χ1) is 13.0. The summed E-state index contributed by atoms with van der Waals surface area (Å²) >= 11 is 0. The van der Waals surface area contributed by atoms with E-state index in [1.165, 1.54) is 12.8 Å². The lowest BCUT2D eigenvalue weighted by Gasteiger charge is -2.24. The van der Waals surface area contributed by atoms with E-state index in [-0.39, 0.29) is 36.4 Å². The molecular weight excluding hydrogens is 469 g/mol. The third-order valence-corrected chi connectivity index (χ3v) is 4.90. The van der Waals surface area contributed by atoms with Crippen molar-refractivity contribution in [2.45, 2.75) is 32.4 Å². The Hall–Kier alpha value is -1.55. The summed E-state index contributed by atoms with van der Waals surface area (Å²) in [6, 6.07) is 8.38. The molecule has 28 heavy (non-hydrogen) atoms. The maximum atomic E-state index is 11.9. The topological polar surface area (TPSA) is 69.2 Å². The first-order valence-corrected chi connectivity index (χ1v) is 9.62. The van der Waals surface area contributed by atoms with Crippen LogP contribution in [0.5, 0.6) is 5.75 Å². The minimum Gasteiger partial charge on any atom is -0.497 e. The Morgan fingerprint density at radius 3 is 2.61 bits per heavy atom. The van der Waals surface area contributed by atoms with Gasteiger partial charge in [0.25, 0.3) is 0 Å². The third kappa shape index (κ3) is 7.83. The molecule has 1 aliphatic heterocycles. The Kier molecular flexibility index (Phi) is 11.2. The molecule has 158 valence electrons. The van der Waals surface area contributed by atoms with Crippen molar-refractivity contribution in [2.24, 2.45) is 4.99 Å². The van der Waals surface area contributed by atoms with Crippen LogP contribution in [-0.4, -0.2) is 75.1 Å². The van der Waals surface area contributed by atoms with Crippen LogP contribution >= 0.6 is 24.0 Å². The molecule has 1 aromatic carbocycles. The molecule has 0 spiro atoms. The number of likely N-dealkylation sites (tertiary alicyclic amines) is 1. The molecule has 7 nitrogen and oxygen atoms in total. The zero-order valence-electron chi connectivity index (χ0n) is 17.4. The van der Waals surface area contributed by atoms with Crippen LogP contribution in [0.15, 0.2) is 29.3 Å². The Bertz CT molecular complexity index is 622. The van der Waals surface area contributed by atoms with E-state index < -0.39 is 0 Å². The van der Waals surface area contributed by atoms with Crippen LogP contribution in [0, 0.1) is 0 Å². The van der Waals surface area contributed by atoms with Crippen molar-refractivity contribution in [3.05, 3.63) is 29.8 Å². The lowest BCUT2D eigenvalue weighted by molar-refractivity contribution is -0.127. The number of nitrogens with one attached hydrogen (secondary N) is 2. The second-order valence-corrected chi connectivity index (χ2v) is 6.96. The van der Waals surface area contributed by atoms with E-state index in [1.807, 2.05) is 24.3 Å². The molecule has 2 rings (SSSR count). The number of ether oxygens (including phenoxy) is 1. The van der Waals surface area contributed by atoms with Crippen molar-refractivity contribution in [3.8, 4) is 5.75 Å². The zero-order valence-corrected chi connectivity index (χ0v) is 19.7. The minimum absolute atomic E-state index is 0. The molecule has 1 saturated heterocycles. The SMILES string of the molecule is CCN1CCCC1CNC(=NCc1ccc(OC)cc1)NCC(=O)N(C)C.I. The number of aliphatic imine (C=N–C) groups is 1. The average molecular weight is 503 g/mol. The highest BCUT2D eigenvalue weighted by molar-refractivity contribution is 14.0. The molecule has 1 fully saturated rings. The van der Waals surface area contributed by atoms with Gasteiger partial charge in [-0.3, -0.25) is 9.69 Å². The maximum absolute atomic E-state index is 11.9. The van der Waals surface area contributed by atoms with Gasteiger partial charge in [0.2, 0.25) is 5.91 Å². The molecule has 2 N–H and O–H groups in total. The van der Waals surface area contributed by atoms with Crippen LogP contribution in [0.4, 0.5) is 0 Å². The molecule has 0 saturated carbocycles. The molecule has 0 radical (unpaired) electrons. The second-order valence-electron chi connectivity index (χ2n) is 6.96. The van der Waals surface area contributed by atoms with E-state index >= 15 is 0 Å². The van der Waals surface area contributed by atoms with E-state index in [1.54, 1.807) is 26.1 Å². The van der Waals surface area contributed by atoms with Gasteiger partial charge < -0.3 is 20.3 Å². The fourth-order valence-electron chi connectivity index (χ4n) is 3.15. The van der Waals surface area contributed by atoms with Crippen LogP contribution < -0.4 is 15.4 Å². The fraction of sp³-hybridized carbons (Fsp3) is 0.600. The Labute approximate surface area is 185 Å². The van der Waals surface area contributed by atoms with Crippen molar-refractivity contribution in [3.63, 3.8) is 0 Å². The number of hydrogen-bond donors (Lipinski definition) is 2. The zero-order chi connectivity index (χ0) is 19.6.